The molecule has 2 aromatic rings. The fraction of sp³-hybridized carbons (Fsp3) is 0.350. The molecule has 0 saturated carbocycles. The number of nitrogens with zero attached hydrogens (tertiary/aromatic N) is 2. The zero-order valence-electron chi connectivity index (χ0n) is 16.6. The van der Waals surface area contributed by atoms with Gasteiger partial charge >= 0.3 is 0 Å². The number of hydrogen-bond acceptors (Lipinski definition) is 6. The van der Waals surface area contributed by atoms with Crippen molar-refractivity contribution in [2.45, 2.75) is 6.42 Å². The lowest BCUT2D eigenvalue weighted by Crippen LogP contribution is -2.27. The van der Waals surface area contributed by atoms with Crippen LogP contribution in [0.5, 0.6) is 11.5 Å². The third-order valence-corrected chi connectivity index (χ3v) is 3.99. The Hall–Kier alpha value is -3.13. The third-order valence-electron chi connectivity index (χ3n) is 3.99. The van der Waals surface area contributed by atoms with Gasteiger partial charge in [-0.25, -0.2) is 0 Å². The number of carbonyl (C=O) groups excluding carboxylic acids is 2. The highest BCUT2D eigenvalue weighted by molar-refractivity contribution is 6.06. The average Bonchev–Trinajstić information content (AvgIpc) is 2.70. The van der Waals surface area contributed by atoms with E-state index in [1.807, 2.05) is 19.0 Å². The van der Waals surface area contributed by atoms with Crippen LogP contribution in [-0.2, 0) is 0 Å². The van der Waals surface area contributed by atoms with Crippen LogP contribution in [0.25, 0.3) is 0 Å². The summed E-state index contributed by atoms with van der Waals surface area (Å²) in [6, 6.07) is 6.60. The number of aromatic nitrogens is 1. The van der Waals surface area contributed by atoms with E-state index in [1.54, 1.807) is 18.2 Å². The second-order valence-corrected chi connectivity index (χ2v) is 6.40. The topological polar surface area (TPSA) is 92.8 Å². The largest absolute Gasteiger partial charge is 0.497 e. The number of benzene rings is 1. The molecule has 0 radical (unpaired) electrons. The lowest BCUT2D eigenvalue weighted by molar-refractivity contribution is 0.0952. The quantitative estimate of drug-likeness (QED) is 0.641. The van der Waals surface area contributed by atoms with Crippen LogP contribution in [0.2, 0.25) is 0 Å². The smallest absolute Gasteiger partial charge is 0.257 e. The molecule has 8 nitrogen and oxygen atoms in total. The van der Waals surface area contributed by atoms with Gasteiger partial charge in [0.1, 0.15) is 11.5 Å². The molecule has 0 saturated heterocycles. The maximum Gasteiger partial charge on any atom is 0.257 e. The summed E-state index contributed by atoms with van der Waals surface area (Å²) in [7, 11) is 7.01. The molecule has 8 heteroatoms. The summed E-state index contributed by atoms with van der Waals surface area (Å²) in [5.74, 6) is 0.415. The van der Waals surface area contributed by atoms with Crippen LogP contribution in [0.3, 0.4) is 0 Å². The molecule has 2 amide bonds. The Morgan fingerprint density at radius 3 is 2.39 bits per heavy atom. The first-order valence-electron chi connectivity index (χ1n) is 8.86. The molecule has 28 heavy (non-hydrogen) atoms. The molecule has 1 aromatic heterocycles. The van der Waals surface area contributed by atoms with Crippen molar-refractivity contribution in [2.75, 3.05) is 46.7 Å². The Labute approximate surface area is 164 Å². The van der Waals surface area contributed by atoms with Gasteiger partial charge < -0.3 is 25.0 Å². The highest BCUT2D eigenvalue weighted by Crippen LogP contribution is 2.29. The number of methoxy groups -OCH3 is 2. The van der Waals surface area contributed by atoms with E-state index in [0.717, 1.165) is 13.0 Å². The maximum atomic E-state index is 12.6. The highest BCUT2D eigenvalue weighted by atomic mass is 16.5. The number of hydrogen-bond donors (Lipinski definition) is 2. The first kappa shape index (κ1) is 21.2. The van der Waals surface area contributed by atoms with Crippen molar-refractivity contribution in [2.24, 2.45) is 0 Å². The second-order valence-electron chi connectivity index (χ2n) is 6.40. The Morgan fingerprint density at radius 2 is 1.75 bits per heavy atom. The van der Waals surface area contributed by atoms with Crippen LogP contribution < -0.4 is 20.1 Å². The van der Waals surface area contributed by atoms with E-state index >= 15 is 0 Å². The van der Waals surface area contributed by atoms with E-state index in [2.05, 4.69) is 15.6 Å². The molecule has 150 valence electrons. The van der Waals surface area contributed by atoms with Crippen LogP contribution in [0, 0.1) is 0 Å². The predicted octanol–water partition coefficient (Wildman–Crippen LogP) is 2.03. The van der Waals surface area contributed by atoms with E-state index in [9.17, 15) is 9.59 Å². The molecule has 0 bridgehead atoms. The van der Waals surface area contributed by atoms with Gasteiger partial charge in [-0.1, -0.05) is 0 Å². The summed E-state index contributed by atoms with van der Waals surface area (Å²) in [6.07, 6.45) is 3.68. The van der Waals surface area contributed by atoms with E-state index < -0.39 is 5.91 Å². The Kier molecular flexibility index (Phi) is 7.76. The van der Waals surface area contributed by atoms with Crippen molar-refractivity contribution in [3.05, 3.63) is 47.8 Å². The zero-order chi connectivity index (χ0) is 20.5. The summed E-state index contributed by atoms with van der Waals surface area (Å²) >= 11 is 0. The second kappa shape index (κ2) is 10.3. The predicted molar refractivity (Wildman–Crippen MR) is 107 cm³/mol. The van der Waals surface area contributed by atoms with Gasteiger partial charge in [0.25, 0.3) is 11.8 Å². The monoisotopic (exact) mass is 386 g/mol. The molecule has 2 N–H and O–H groups in total. The van der Waals surface area contributed by atoms with Crippen LogP contribution in [0.1, 0.15) is 27.1 Å². The number of anilines is 1. The highest BCUT2D eigenvalue weighted by Gasteiger charge is 2.14. The van der Waals surface area contributed by atoms with Gasteiger partial charge in [-0.3, -0.25) is 14.6 Å². The van der Waals surface area contributed by atoms with Crippen LogP contribution in [0.15, 0.2) is 36.7 Å². The fourth-order valence-electron chi connectivity index (χ4n) is 2.49. The summed E-state index contributed by atoms with van der Waals surface area (Å²) in [5, 5.41) is 5.59. The molecular formula is C20H26N4O4. The minimum atomic E-state index is -0.402. The fourth-order valence-corrected chi connectivity index (χ4v) is 2.49. The first-order valence-corrected chi connectivity index (χ1v) is 8.86. The molecule has 0 aliphatic rings. The van der Waals surface area contributed by atoms with E-state index in [0.29, 0.717) is 29.3 Å². The lowest BCUT2D eigenvalue weighted by atomic mass is 10.1. The molecule has 1 aromatic carbocycles. The summed E-state index contributed by atoms with van der Waals surface area (Å²) in [5.41, 5.74) is 1.06. The molecular weight excluding hydrogens is 360 g/mol. The molecule has 0 spiro atoms. The van der Waals surface area contributed by atoms with E-state index in [4.69, 9.17) is 9.47 Å². The number of nitrogens with one attached hydrogen (secondary N) is 2. The first-order chi connectivity index (χ1) is 13.4. The van der Waals surface area contributed by atoms with Crippen LogP contribution in [-0.4, -0.2) is 63.1 Å². The van der Waals surface area contributed by atoms with Crippen molar-refractivity contribution in [1.82, 2.24) is 15.2 Å². The van der Waals surface area contributed by atoms with E-state index in [1.165, 1.54) is 32.7 Å². The van der Waals surface area contributed by atoms with Gasteiger partial charge in [0.2, 0.25) is 0 Å². The third kappa shape index (κ3) is 5.95. The van der Waals surface area contributed by atoms with Crippen molar-refractivity contribution in [1.29, 1.82) is 0 Å². The summed E-state index contributed by atoms with van der Waals surface area (Å²) in [6.45, 7) is 1.43. The lowest BCUT2D eigenvalue weighted by Gasteiger charge is -2.12. The van der Waals surface area contributed by atoms with Crippen molar-refractivity contribution < 1.29 is 19.1 Å². The molecule has 0 fully saturated rings. The zero-order valence-corrected chi connectivity index (χ0v) is 16.6. The number of ether oxygens (including phenoxy) is 2. The van der Waals surface area contributed by atoms with Gasteiger partial charge in [0.05, 0.1) is 31.0 Å². The maximum absolute atomic E-state index is 12.6. The summed E-state index contributed by atoms with van der Waals surface area (Å²) in [4.78, 5) is 30.9. The van der Waals surface area contributed by atoms with Gasteiger partial charge in [-0.2, -0.15) is 0 Å². The van der Waals surface area contributed by atoms with E-state index in [-0.39, 0.29) is 11.5 Å². The van der Waals surface area contributed by atoms with Gasteiger partial charge in [0, 0.05) is 25.0 Å². The standard InChI is InChI=1S/C20H26N4O4/c1-24(2)9-5-8-22-19(25)14-10-15(13-21-12-14)20(26)23-17-11-16(27-3)6-7-18(17)28-4/h6-7,10-13H,5,8-9H2,1-4H3,(H,22,25)(H,23,26). The Morgan fingerprint density at radius 1 is 1.04 bits per heavy atom. The van der Waals surface area contributed by atoms with Gasteiger partial charge in [0.15, 0.2) is 0 Å². The number of amides is 2. The molecule has 0 aliphatic carbocycles. The van der Waals surface area contributed by atoms with Crippen molar-refractivity contribution in [3.63, 3.8) is 0 Å². The SMILES string of the molecule is COc1ccc(OC)c(NC(=O)c2cncc(C(=O)NCCCN(C)C)c2)c1. The molecule has 0 atom stereocenters. The Bertz CT molecular complexity index is 824. The summed E-state index contributed by atoms with van der Waals surface area (Å²) < 4.78 is 10.4. The number of carbonyl (C=O) groups is 2. The number of pyridine rings is 1. The molecule has 2 rings (SSSR count). The van der Waals surface area contributed by atoms with Crippen LogP contribution >= 0.6 is 0 Å². The van der Waals surface area contributed by atoms with Crippen LogP contribution in [0.4, 0.5) is 5.69 Å². The minimum absolute atomic E-state index is 0.264. The van der Waals surface area contributed by atoms with Gasteiger partial charge in [-0.05, 0) is 45.3 Å². The normalized spacial score (nSPS) is 10.5. The van der Waals surface area contributed by atoms with Gasteiger partial charge in [-0.15, -0.1) is 0 Å². The minimum Gasteiger partial charge on any atom is -0.497 e. The average molecular weight is 386 g/mol. The van der Waals surface area contributed by atoms with Crippen molar-refractivity contribution in [3.8, 4) is 11.5 Å². The molecule has 1 heterocycles. The molecule has 0 aliphatic heterocycles. The number of rotatable bonds is 9. The Balaban J connectivity index is 2.07. The molecule has 0 unspecified atom stereocenters. The van der Waals surface area contributed by atoms with Crippen molar-refractivity contribution >= 4 is 17.5 Å².